The largest absolute Gasteiger partial charge is 0.408 e. The lowest BCUT2D eigenvalue weighted by Crippen LogP contribution is -2.21. The summed E-state index contributed by atoms with van der Waals surface area (Å²) in [6, 6.07) is 7.64. The van der Waals surface area contributed by atoms with E-state index in [2.05, 4.69) is 20.2 Å². The predicted molar refractivity (Wildman–Crippen MR) is 119 cm³/mol. The average molecular weight is 524 g/mol. The van der Waals surface area contributed by atoms with Crippen LogP contribution in [0.1, 0.15) is 45.6 Å². The molecule has 37 heavy (non-hydrogen) atoms. The second-order valence-corrected chi connectivity index (χ2v) is 8.56. The molecular weight excluding hydrogens is 502 g/mol. The van der Waals surface area contributed by atoms with E-state index in [1.165, 1.54) is 56.0 Å². The first kappa shape index (κ1) is 26.3. The van der Waals surface area contributed by atoms with Crippen molar-refractivity contribution >= 4 is 0 Å². The number of halogens is 6. The second kappa shape index (κ2) is 10.3. The van der Waals surface area contributed by atoms with Crippen molar-refractivity contribution in [1.29, 1.82) is 0 Å². The van der Waals surface area contributed by atoms with E-state index >= 15 is 0 Å². The number of pyridine rings is 2. The molecule has 0 bridgehead atoms. The molecule has 0 spiro atoms. The zero-order valence-corrected chi connectivity index (χ0v) is 19.5. The van der Waals surface area contributed by atoms with Crippen molar-refractivity contribution in [2.24, 2.45) is 0 Å². The summed E-state index contributed by atoms with van der Waals surface area (Å²) in [6.07, 6.45) is -4.21. The number of rotatable bonds is 8. The van der Waals surface area contributed by atoms with Gasteiger partial charge >= 0.3 is 12.4 Å². The van der Waals surface area contributed by atoms with Crippen LogP contribution in [-0.2, 0) is 25.9 Å². The maximum Gasteiger partial charge on any atom is 0.408 e. The van der Waals surface area contributed by atoms with Gasteiger partial charge in [0.1, 0.15) is 19.2 Å². The van der Waals surface area contributed by atoms with Gasteiger partial charge in [-0.05, 0) is 53.9 Å². The van der Waals surface area contributed by atoms with Crippen LogP contribution in [0.3, 0.4) is 0 Å². The van der Waals surface area contributed by atoms with Gasteiger partial charge in [-0.1, -0.05) is 0 Å². The fraction of sp³-hybridized carbons (Fsp3) is 0.333. The van der Waals surface area contributed by atoms with Crippen LogP contribution >= 0.6 is 0 Å². The Morgan fingerprint density at radius 3 is 2.14 bits per heavy atom. The Morgan fingerprint density at radius 2 is 1.46 bits per heavy atom. The van der Waals surface area contributed by atoms with Crippen molar-refractivity contribution in [3.05, 3.63) is 94.6 Å². The van der Waals surface area contributed by atoms with Crippen LogP contribution in [0.4, 0.5) is 26.3 Å². The summed E-state index contributed by atoms with van der Waals surface area (Å²) in [5.41, 5.74) is 2.56. The zero-order chi connectivity index (χ0) is 26.8. The van der Waals surface area contributed by atoms with Crippen molar-refractivity contribution in [3.8, 4) is 0 Å². The molecule has 1 atom stereocenters. The molecule has 13 heteroatoms. The van der Waals surface area contributed by atoms with Crippen LogP contribution in [-0.4, -0.2) is 47.0 Å². The van der Waals surface area contributed by atoms with Gasteiger partial charge in [-0.25, -0.2) is 0 Å². The van der Waals surface area contributed by atoms with Crippen molar-refractivity contribution < 1.29 is 31.4 Å². The van der Waals surface area contributed by atoms with Crippen LogP contribution in [0.5, 0.6) is 0 Å². The van der Waals surface area contributed by atoms with Gasteiger partial charge in [0.25, 0.3) is 0 Å². The van der Waals surface area contributed by atoms with Gasteiger partial charge in [0.05, 0.1) is 11.4 Å². The first-order chi connectivity index (χ1) is 17.4. The molecule has 0 saturated carbocycles. The van der Waals surface area contributed by atoms with Crippen LogP contribution < -0.4 is 0 Å². The smallest absolute Gasteiger partial charge is 0.382 e. The second-order valence-electron chi connectivity index (χ2n) is 8.56. The van der Waals surface area contributed by atoms with Crippen molar-refractivity contribution in [2.45, 2.75) is 51.3 Å². The Morgan fingerprint density at radius 1 is 0.811 bits per heavy atom. The number of aliphatic hydroxyl groups excluding tert-OH is 1. The molecule has 4 rings (SSSR count). The van der Waals surface area contributed by atoms with Crippen LogP contribution in [0, 0.1) is 6.92 Å². The van der Waals surface area contributed by atoms with E-state index in [0.29, 0.717) is 28.1 Å². The molecule has 0 aliphatic heterocycles. The van der Waals surface area contributed by atoms with E-state index in [9.17, 15) is 31.4 Å². The first-order valence-corrected chi connectivity index (χ1v) is 11.1. The van der Waals surface area contributed by atoms with Gasteiger partial charge < -0.3 is 5.11 Å². The molecule has 0 amide bonds. The minimum absolute atomic E-state index is 0.00242. The minimum Gasteiger partial charge on any atom is -0.382 e. The highest BCUT2D eigenvalue weighted by atomic mass is 19.4. The number of aromatic nitrogens is 6. The SMILES string of the molecule is Cc1cc(Cc2ccncc2Cc2cc(C(O)c3ccncc3)nn2CC(F)(F)F)nn1CC(F)(F)F. The molecule has 4 aromatic rings. The Labute approximate surface area is 207 Å². The van der Waals surface area contributed by atoms with Crippen LogP contribution in [0.25, 0.3) is 0 Å². The summed E-state index contributed by atoms with van der Waals surface area (Å²) in [5.74, 6) is 0. The Balaban J connectivity index is 1.63. The van der Waals surface area contributed by atoms with Crippen molar-refractivity contribution in [3.63, 3.8) is 0 Å². The fourth-order valence-corrected chi connectivity index (χ4v) is 3.95. The standard InChI is InChI=1S/C24H22F6N6O/c1-15-8-19(33-35(15)13-23(25,26)27)9-17-4-7-32-12-18(17)10-20-11-21(34-36(20)14-24(28,29)30)22(37)16-2-5-31-6-3-16/h2-8,11-12,22,37H,9-10,13-14H2,1H3. The van der Waals surface area contributed by atoms with Crippen LogP contribution in [0.15, 0.2) is 55.1 Å². The average Bonchev–Trinajstić information content (AvgIpc) is 3.35. The summed E-state index contributed by atoms with van der Waals surface area (Å²) in [5, 5.41) is 18.7. The fourth-order valence-electron chi connectivity index (χ4n) is 3.95. The molecule has 196 valence electrons. The molecule has 1 unspecified atom stereocenters. The summed E-state index contributed by atoms with van der Waals surface area (Å²) < 4.78 is 79.9. The molecule has 4 aromatic heterocycles. The summed E-state index contributed by atoms with van der Waals surface area (Å²) >= 11 is 0. The third kappa shape index (κ3) is 6.94. The number of aliphatic hydroxyl groups is 1. The Hall–Kier alpha value is -3.74. The van der Waals surface area contributed by atoms with Gasteiger partial charge in [-0.2, -0.15) is 36.5 Å². The molecule has 7 nitrogen and oxygen atoms in total. The predicted octanol–water partition coefficient (Wildman–Crippen LogP) is 4.57. The molecule has 0 aliphatic rings. The maximum atomic E-state index is 13.3. The van der Waals surface area contributed by atoms with Crippen molar-refractivity contribution in [2.75, 3.05) is 0 Å². The zero-order valence-electron chi connectivity index (χ0n) is 19.5. The van der Waals surface area contributed by atoms with Gasteiger partial charge in [-0.15, -0.1) is 0 Å². The molecule has 0 aliphatic carbocycles. The first-order valence-electron chi connectivity index (χ1n) is 11.1. The lowest BCUT2D eigenvalue weighted by atomic mass is 10.0. The van der Waals surface area contributed by atoms with Gasteiger partial charge in [-0.3, -0.25) is 19.3 Å². The Kier molecular flexibility index (Phi) is 7.35. The van der Waals surface area contributed by atoms with Crippen molar-refractivity contribution in [1.82, 2.24) is 29.5 Å². The highest BCUT2D eigenvalue weighted by Crippen LogP contribution is 2.26. The highest BCUT2D eigenvalue weighted by molar-refractivity contribution is 5.33. The number of aryl methyl sites for hydroxylation is 1. The van der Waals surface area contributed by atoms with E-state index < -0.39 is 31.5 Å². The lowest BCUT2D eigenvalue weighted by molar-refractivity contribution is -0.143. The number of alkyl halides is 6. The third-order valence-electron chi connectivity index (χ3n) is 5.62. The molecule has 0 aromatic carbocycles. The number of hydrogen-bond acceptors (Lipinski definition) is 5. The van der Waals surface area contributed by atoms with E-state index in [1.54, 1.807) is 6.07 Å². The number of nitrogens with zero attached hydrogens (tertiary/aromatic N) is 6. The molecule has 1 N–H and O–H groups in total. The van der Waals surface area contributed by atoms with Crippen LogP contribution in [0.2, 0.25) is 0 Å². The summed E-state index contributed by atoms with van der Waals surface area (Å²) in [4.78, 5) is 7.93. The van der Waals surface area contributed by atoms with E-state index in [-0.39, 0.29) is 24.2 Å². The number of hydrogen-bond donors (Lipinski definition) is 1. The molecule has 0 fully saturated rings. The van der Waals surface area contributed by atoms with E-state index in [4.69, 9.17) is 0 Å². The van der Waals surface area contributed by atoms with Gasteiger partial charge in [0.2, 0.25) is 0 Å². The highest BCUT2D eigenvalue weighted by Gasteiger charge is 2.31. The van der Waals surface area contributed by atoms with E-state index in [0.717, 1.165) is 9.36 Å². The minimum atomic E-state index is -4.56. The molecule has 4 heterocycles. The molecule has 0 radical (unpaired) electrons. The summed E-state index contributed by atoms with van der Waals surface area (Å²) in [6.45, 7) is -1.07. The van der Waals surface area contributed by atoms with E-state index in [1.807, 2.05) is 0 Å². The summed E-state index contributed by atoms with van der Waals surface area (Å²) in [7, 11) is 0. The third-order valence-corrected chi connectivity index (χ3v) is 5.62. The normalized spacial score (nSPS) is 13.2. The maximum absolute atomic E-state index is 13.3. The lowest BCUT2D eigenvalue weighted by Gasteiger charge is -2.12. The topological polar surface area (TPSA) is 81.7 Å². The monoisotopic (exact) mass is 524 g/mol. The quantitative estimate of drug-likeness (QED) is 0.342. The van der Waals surface area contributed by atoms with Gasteiger partial charge in [0.15, 0.2) is 0 Å². The molecular formula is C24H22F6N6O. The van der Waals surface area contributed by atoms with Gasteiger partial charge in [0, 0.05) is 49.0 Å². The Bertz CT molecular complexity index is 1350. The molecule has 0 saturated heterocycles.